The van der Waals surface area contributed by atoms with Gasteiger partial charge in [0.2, 0.25) is 0 Å². The van der Waals surface area contributed by atoms with E-state index >= 15 is 0 Å². The van der Waals surface area contributed by atoms with Crippen molar-refractivity contribution in [3.63, 3.8) is 0 Å². The van der Waals surface area contributed by atoms with Crippen molar-refractivity contribution in [2.45, 2.75) is 6.92 Å². The molecule has 0 spiro atoms. The zero-order valence-electron chi connectivity index (χ0n) is 3.78. The number of nitrogens with zero attached hydrogens (tertiary/aromatic N) is 1. The molecule has 1 nitrogen and oxygen atoms in total. The smallest absolute Gasteiger partial charge is 0.261 e. The molecule has 0 aliphatic carbocycles. The number of hydrogen-bond donors (Lipinski definition) is 0. The molecule has 0 heterocycles. The van der Waals surface area contributed by atoms with Crippen LogP contribution in [-0.2, 0) is 0 Å². The Labute approximate surface area is 49.1 Å². The molecule has 38 valence electrons. The Kier molecular flexibility index (Phi) is 8.35. The monoisotopic (exact) mass is 127 g/mol. The van der Waals surface area contributed by atoms with Crippen LogP contribution in [0, 0.1) is 0 Å². The van der Waals surface area contributed by atoms with Crippen LogP contribution < -0.4 is 12.4 Å². The van der Waals surface area contributed by atoms with Gasteiger partial charge in [-0.15, -0.1) is 4.09 Å². The first-order chi connectivity index (χ1) is 2.27. The molecule has 0 aliphatic rings. The van der Waals surface area contributed by atoms with Crippen LogP contribution in [0.3, 0.4) is 0 Å². The number of rotatable bonds is 0. The lowest BCUT2D eigenvalue weighted by molar-refractivity contribution is -0.326. The van der Waals surface area contributed by atoms with Crippen LogP contribution in [0.15, 0.2) is 0 Å². The molecule has 3 heteroatoms. The molecule has 0 bridgehead atoms. The quantitative estimate of drug-likeness (QED) is 0.259. The van der Waals surface area contributed by atoms with E-state index in [1.165, 1.54) is 4.09 Å². The number of halogens is 2. The molecule has 0 N–H and O–H groups in total. The van der Waals surface area contributed by atoms with Gasteiger partial charge in [-0.05, 0) is 0 Å². The van der Waals surface area contributed by atoms with E-state index < -0.39 is 0 Å². The Balaban J connectivity index is 0. The van der Waals surface area contributed by atoms with Crippen LogP contribution >= 0.6 is 11.8 Å². The Morgan fingerprint density at radius 1 is 1.67 bits per heavy atom. The minimum atomic E-state index is 0. The van der Waals surface area contributed by atoms with Crippen LogP contribution in [0.5, 0.6) is 0 Å². The molecule has 0 atom stereocenters. The van der Waals surface area contributed by atoms with Gasteiger partial charge in [0.15, 0.2) is 13.3 Å². The summed E-state index contributed by atoms with van der Waals surface area (Å²) in [6.45, 7) is 1.87. The Hall–Kier alpha value is 0.250. The van der Waals surface area contributed by atoms with Crippen molar-refractivity contribution in [3.8, 4) is 0 Å². The molecule has 0 aromatic rings. The van der Waals surface area contributed by atoms with E-state index in [1.54, 1.807) is 13.3 Å². The highest BCUT2D eigenvalue weighted by Gasteiger charge is 1.72. The van der Waals surface area contributed by atoms with E-state index in [0.29, 0.717) is 0 Å². The first-order valence-corrected chi connectivity index (χ1v) is 1.79. The highest BCUT2D eigenvalue weighted by molar-refractivity contribution is 6.06. The number of hydrogen-bond acceptors (Lipinski definition) is 0. The molecule has 0 rings (SSSR count). The second kappa shape index (κ2) is 5.25. The summed E-state index contributed by atoms with van der Waals surface area (Å²) in [5.74, 6) is 0. The molecule has 0 amide bonds. The molecule has 0 fully saturated rings. The largest absolute Gasteiger partial charge is 1.00 e. The topological polar surface area (TPSA) is 3.01 Å². The van der Waals surface area contributed by atoms with E-state index in [-0.39, 0.29) is 12.4 Å². The molecule has 0 aromatic carbocycles. The Morgan fingerprint density at radius 3 is 1.83 bits per heavy atom. The molecule has 0 radical (unpaired) electrons. The van der Waals surface area contributed by atoms with Crippen molar-refractivity contribution in [1.82, 2.24) is 0 Å². The second-order valence-corrected chi connectivity index (χ2v) is 1.32. The van der Waals surface area contributed by atoms with E-state index in [1.807, 2.05) is 6.92 Å². The van der Waals surface area contributed by atoms with Crippen molar-refractivity contribution in [3.05, 3.63) is 0 Å². The predicted molar refractivity (Wildman–Crippen MR) is 23.8 cm³/mol. The molecule has 0 saturated carbocycles. The summed E-state index contributed by atoms with van der Waals surface area (Å²) in [6.07, 6.45) is 1.77. The van der Waals surface area contributed by atoms with Gasteiger partial charge >= 0.3 is 0 Å². The first kappa shape index (κ1) is 9.54. The zero-order chi connectivity index (χ0) is 4.28. The highest BCUT2D eigenvalue weighted by Crippen LogP contribution is 1.65. The SMILES string of the molecule is CC=[N+](C)Cl.[Cl-]. The molecular formula is C3H7Cl2N. The van der Waals surface area contributed by atoms with Crippen molar-refractivity contribution >= 4 is 18.0 Å². The van der Waals surface area contributed by atoms with Gasteiger partial charge in [-0.25, -0.2) is 0 Å². The summed E-state index contributed by atoms with van der Waals surface area (Å²) in [7, 11) is 1.77. The van der Waals surface area contributed by atoms with Crippen LogP contribution in [0.25, 0.3) is 0 Å². The molecular weight excluding hydrogens is 121 g/mol. The van der Waals surface area contributed by atoms with Crippen LogP contribution in [0.4, 0.5) is 0 Å². The van der Waals surface area contributed by atoms with Gasteiger partial charge in [0.25, 0.3) is 11.8 Å². The van der Waals surface area contributed by atoms with Gasteiger partial charge in [0, 0.05) is 6.92 Å². The van der Waals surface area contributed by atoms with Crippen molar-refractivity contribution in [2.75, 3.05) is 7.05 Å². The van der Waals surface area contributed by atoms with E-state index in [4.69, 9.17) is 11.8 Å². The van der Waals surface area contributed by atoms with Crippen LogP contribution in [0.1, 0.15) is 6.92 Å². The lowest BCUT2D eigenvalue weighted by Crippen LogP contribution is -3.00. The minimum Gasteiger partial charge on any atom is -1.00 e. The summed E-state index contributed by atoms with van der Waals surface area (Å²) >= 11 is 5.24. The zero-order valence-corrected chi connectivity index (χ0v) is 5.29. The lowest BCUT2D eigenvalue weighted by atomic mass is 10.9. The Morgan fingerprint density at radius 2 is 1.83 bits per heavy atom. The molecule has 0 aliphatic heterocycles. The second-order valence-electron chi connectivity index (χ2n) is 0.783. The maximum Gasteiger partial charge on any atom is 0.261 e. The van der Waals surface area contributed by atoms with E-state index in [2.05, 4.69) is 0 Å². The van der Waals surface area contributed by atoms with Crippen molar-refractivity contribution in [2.24, 2.45) is 0 Å². The van der Waals surface area contributed by atoms with E-state index in [9.17, 15) is 0 Å². The Bertz CT molecular complexity index is 46.8. The van der Waals surface area contributed by atoms with Gasteiger partial charge in [0.1, 0.15) is 0 Å². The third kappa shape index (κ3) is 8.87. The lowest BCUT2D eigenvalue weighted by Gasteiger charge is -1.63. The molecule has 0 saturated heterocycles. The van der Waals surface area contributed by atoms with E-state index in [0.717, 1.165) is 0 Å². The van der Waals surface area contributed by atoms with Gasteiger partial charge in [-0.1, -0.05) is 0 Å². The average Bonchev–Trinajstić information content (AvgIpc) is 1.38. The average molecular weight is 128 g/mol. The summed E-state index contributed by atoms with van der Waals surface area (Å²) in [4.78, 5) is 0. The van der Waals surface area contributed by atoms with Gasteiger partial charge in [0.05, 0.1) is 0 Å². The predicted octanol–water partition coefficient (Wildman–Crippen LogP) is -2.12. The standard InChI is InChI=1S/C3H7ClN.ClH/c1-3-5(2)4;/h3H,1-2H3;1H/q+1;/p-1. The maximum atomic E-state index is 5.24. The molecule has 0 aromatic heterocycles. The summed E-state index contributed by atoms with van der Waals surface area (Å²) in [5.41, 5.74) is 0. The van der Waals surface area contributed by atoms with Gasteiger partial charge < -0.3 is 12.4 Å². The highest BCUT2D eigenvalue weighted by atomic mass is 35.5. The fourth-order valence-electron chi connectivity index (χ4n) is 0. The van der Waals surface area contributed by atoms with Gasteiger partial charge in [-0.3, -0.25) is 0 Å². The first-order valence-electron chi connectivity index (χ1n) is 1.45. The van der Waals surface area contributed by atoms with Crippen molar-refractivity contribution < 1.29 is 16.5 Å². The van der Waals surface area contributed by atoms with Crippen molar-refractivity contribution in [1.29, 1.82) is 0 Å². The third-order valence-electron chi connectivity index (χ3n) is 0.356. The molecule has 0 unspecified atom stereocenters. The minimum absolute atomic E-state index is 0. The fraction of sp³-hybridized carbons (Fsp3) is 0.667. The summed E-state index contributed by atoms with van der Waals surface area (Å²) in [5, 5.41) is 0. The maximum absolute atomic E-state index is 5.24. The molecule has 6 heavy (non-hydrogen) atoms. The van der Waals surface area contributed by atoms with Gasteiger partial charge in [-0.2, -0.15) is 0 Å². The van der Waals surface area contributed by atoms with Crippen LogP contribution in [0.2, 0.25) is 0 Å². The summed E-state index contributed by atoms with van der Waals surface area (Å²) < 4.78 is 1.47. The van der Waals surface area contributed by atoms with Crippen LogP contribution in [-0.4, -0.2) is 17.4 Å². The third-order valence-corrected chi connectivity index (χ3v) is 0.551. The normalized spacial score (nSPS) is 10.2. The fourth-order valence-corrected chi connectivity index (χ4v) is 0. The summed E-state index contributed by atoms with van der Waals surface area (Å²) in [6, 6.07) is 0.